The highest BCUT2D eigenvalue weighted by Gasteiger charge is 2.38. The summed E-state index contributed by atoms with van der Waals surface area (Å²) in [5.41, 5.74) is 2.15. The molecule has 0 saturated carbocycles. The van der Waals surface area contributed by atoms with E-state index in [-0.39, 0.29) is 6.04 Å². The van der Waals surface area contributed by atoms with Gasteiger partial charge in [-0.25, -0.2) is 9.78 Å². The molecule has 158 valence electrons. The number of alkyl halides is 3. The van der Waals surface area contributed by atoms with E-state index >= 15 is 0 Å². The van der Waals surface area contributed by atoms with Crippen molar-refractivity contribution in [2.45, 2.75) is 58.7 Å². The standard InChI is InChI=1S/C17H22N4O.C2HF3O2/c1-4-9-15-19-17(22-20-15)13(5-2)21-14-11-8-7-10-12(14)18-16(21)6-3;3-2(4,5)1(6)7/h7-8,10-11,13H,4-6,9H2,1-3H3;(H,6,7). The van der Waals surface area contributed by atoms with Crippen molar-refractivity contribution in [3.05, 3.63) is 41.8 Å². The number of imidazole rings is 1. The first-order valence-corrected chi connectivity index (χ1v) is 9.31. The molecule has 7 nitrogen and oxygen atoms in total. The summed E-state index contributed by atoms with van der Waals surface area (Å²) in [6.45, 7) is 6.38. The highest BCUT2D eigenvalue weighted by atomic mass is 19.4. The Morgan fingerprint density at radius 1 is 1.21 bits per heavy atom. The van der Waals surface area contributed by atoms with Crippen LogP contribution < -0.4 is 0 Å². The van der Waals surface area contributed by atoms with E-state index in [1.54, 1.807) is 0 Å². The van der Waals surface area contributed by atoms with Crippen LogP contribution in [0.3, 0.4) is 0 Å². The molecule has 1 atom stereocenters. The fraction of sp³-hybridized carbons (Fsp3) is 0.474. The van der Waals surface area contributed by atoms with Gasteiger partial charge < -0.3 is 14.2 Å². The molecule has 0 radical (unpaired) electrons. The molecule has 0 spiro atoms. The first-order valence-electron chi connectivity index (χ1n) is 9.31. The van der Waals surface area contributed by atoms with E-state index in [0.717, 1.165) is 48.4 Å². The van der Waals surface area contributed by atoms with Gasteiger partial charge in [0.05, 0.1) is 11.0 Å². The number of nitrogens with zero attached hydrogens (tertiary/aromatic N) is 4. The van der Waals surface area contributed by atoms with E-state index in [2.05, 4.69) is 41.5 Å². The minimum Gasteiger partial charge on any atom is -0.475 e. The quantitative estimate of drug-likeness (QED) is 0.638. The third-order valence-corrected chi connectivity index (χ3v) is 4.17. The van der Waals surface area contributed by atoms with Gasteiger partial charge in [-0.15, -0.1) is 0 Å². The summed E-state index contributed by atoms with van der Waals surface area (Å²) in [4.78, 5) is 18.2. The van der Waals surface area contributed by atoms with Crippen molar-refractivity contribution in [2.24, 2.45) is 0 Å². The predicted octanol–water partition coefficient (Wildman–Crippen LogP) is 4.57. The molecule has 3 aromatic rings. The molecule has 0 fully saturated rings. The number of halogens is 3. The normalized spacial score (nSPS) is 12.5. The molecule has 3 rings (SSSR count). The summed E-state index contributed by atoms with van der Waals surface area (Å²) in [7, 11) is 0. The predicted molar refractivity (Wildman–Crippen MR) is 99.5 cm³/mol. The monoisotopic (exact) mass is 412 g/mol. The smallest absolute Gasteiger partial charge is 0.475 e. The van der Waals surface area contributed by atoms with Gasteiger partial charge in [-0.3, -0.25) is 0 Å². The molecule has 29 heavy (non-hydrogen) atoms. The number of aromatic nitrogens is 4. The summed E-state index contributed by atoms with van der Waals surface area (Å²) >= 11 is 0. The Bertz CT molecular complexity index is 950. The van der Waals surface area contributed by atoms with Gasteiger partial charge in [-0.2, -0.15) is 18.2 Å². The molecule has 1 aromatic carbocycles. The number of aryl methyl sites for hydroxylation is 2. The van der Waals surface area contributed by atoms with Gasteiger partial charge in [0.25, 0.3) is 0 Å². The number of para-hydroxylation sites is 2. The van der Waals surface area contributed by atoms with Crippen molar-refractivity contribution < 1.29 is 27.6 Å². The number of aliphatic carboxylic acids is 1. The van der Waals surface area contributed by atoms with Crippen LogP contribution in [0.4, 0.5) is 13.2 Å². The van der Waals surface area contributed by atoms with Crippen molar-refractivity contribution in [2.75, 3.05) is 0 Å². The fourth-order valence-corrected chi connectivity index (χ4v) is 2.89. The highest BCUT2D eigenvalue weighted by molar-refractivity contribution is 5.76. The number of fused-ring (bicyclic) bond motifs is 1. The van der Waals surface area contributed by atoms with Crippen LogP contribution in [0.1, 0.15) is 57.2 Å². The van der Waals surface area contributed by atoms with Crippen LogP contribution in [0.5, 0.6) is 0 Å². The third kappa shape index (κ3) is 5.33. The second kappa shape index (κ2) is 9.53. The second-order valence-electron chi connectivity index (χ2n) is 6.27. The lowest BCUT2D eigenvalue weighted by Crippen LogP contribution is -2.21. The zero-order valence-electron chi connectivity index (χ0n) is 16.4. The third-order valence-electron chi connectivity index (χ3n) is 4.17. The maximum absolute atomic E-state index is 10.6. The van der Waals surface area contributed by atoms with Crippen LogP contribution >= 0.6 is 0 Å². The van der Waals surface area contributed by atoms with Crippen molar-refractivity contribution in [1.29, 1.82) is 0 Å². The molecule has 10 heteroatoms. The molecule has 0 amide bonds. The Kier molecular flexibility index (Phi) is 7.35. The molecule has 0 aliphatic heterocycles. The van der Waals surface area contributed by atoms with E-state index in [0.29, 0.717) is 5.89 Å². The van der Waals surface area contributed by atoms with E-state index in [1.165, 1.54) is 0 Å². The summed E-state index contributed by atoms with van der Waals surface area (Å²) < 4.78 is 39.5. The minimum atomic E-state index is -5.08. The van der Waals surface area contributed by atoms with Crippen LogP contribution in [-0.4, -0.2) is 36.9 Å². The zero-order chi connectivity index (χ0) is 21.6. The summed E-state index contributed by atoms with van der Waals surface area (Å²) in [6.07, 6.45) is -1.45. The van der Waals surface area contributed by atoms with Crippen LogP contribution in [-0.2, 0) is 17.6 Å². The lowest BCUT2D eigenvalue weighted by Gasteiger charge is -2.16. The molecular formula is C19H23F3N4O3. The summed E-state index contributed by atoms with van der Waals surface area (Å²) in [6, 6.07) is 8.26. The lowest BCUT2D eigenvalue weighted by molar-refractivity contribution is -0.192. The van der Waals surface area contributed by atoms with E-state index in [4.69, 9.17) is 19.4 Å². The lowest BCUT2D eigenvalue weighted by atomic mass is 10.2. The fourth-order valence-electron chi connectivity index (χ4n) is 2.89. The van der Waals surface area contributed by atoms with Gasteiger partial charge in [0.1, 0.15) is 11.9 Å². The number of rotatable bonds is 6. The van der Waals surface area contributed by atoms with Crippen LogP contribution in [0.2, 0.25) is 0 Å². The molecule has 0 aliphatic carbocycles. The van der Waals surface area contributed by atoms with Gasteiger partial charge in [-0.05, 0) is 25.0 Å². The van der Waals surface area contributed by atoms with E-state index < -0.39 is 12.1 Å². The van der Waals surface area contributed by atoms with Gasteiger partial charge in [0, 0.05) is 12.8 Å². The summed E-state index contributed by atoms with van der Waals surface area (Å²) in [5, 5.41) is 11.2. The Labute approximate surface area is 165 Å². The molecular weight excluding hydrogens is 389 g/mol. The van der Waals surface area contributed by atoms with Crippen molar-refractivity contribution in [3.63, 3.8) is 0 Å². The van der Waals surface area contributed by atoms with Gasteiger partial charge in [-0.1, -0.05) is 38.1 Å². The molecule has 1 unspecified atom stereocenters. The molecule has 0 saturated heterocycles. The number of carbonyl (C=O) groups is 1. The minimum absolute atomic E-state index is 0.0421. The first-order chi connectivity index (χ1) is 13.7. The highest BCUT2D eigenvalue weighted by Crippen LogP contribution is 2.28. The van der Waals surface area contributed by atoms with Gasteiger partial charge >= 0.3 is 12.1 Å². The zero-order valence-corrected chi connectivity index (χ0v) is 16.4. The van der Waals surface area contributed by atoms with Crippen molar-refractivity contribution >= 4 is 17.0 Å². The Hall–Kier alpha value is -2.91. The number of carboxylic acids is 1. The Morgan fingerprint density at radius 2 is 1.86 bits per heavy atom. The number of benzene rings is 1. The SMILES string of the molecule is CCCc1noc(C(CC)n2c(CC)nc3ccccc32)n1.O=C(O)C(F)(F)F. The van der Waals surface area contributed by atoms with Crippen LogP contribution in [0, 0.1) is 0 Å². The largest absolute Gasteiger partial charge is 0.490 e. The maximum Gasteiger partial charge on any atom is 0.490 e. The Balaban J connectivity index is 0.000000370. The molecule has 0 aliphatic rings. The van der Waals surface area contributed by atoms with E-state index in [9.17, 15) is 13.2 Å². The molecule has 2 aromatic heterocycles. The van der Waals surface area contributed by atoms with Crippen LogP contribution in [0.15, 0.2) is 28.8 Å². The Morgan fingerprint density at radius 3 is 2.41 bits per heavy atom. The van der Waals surface area contributed by atoms with E-state index in [1.807, 2.05) is 18.2 Å². The average molecular weight is 412 g/mol. The number of carboxylic acid groups (broad SMARTS) is 1. The maximum atomic E-state index is 10.6. The van der Waals surface area contributed by atoms with Crippen LogP contribution in [0.25, 0.3) is 11.0 Å². The molecule has 1 N–H and O–H groups in total. The first kappa shape index (κ1) is 22.4. The summed E-state index contributed by atoms with van der Waals surface area (Å²) in [5.74, 6) is -0.224. The second-order valence-corrected chi connectivity index (χ2v) is 6.27. The van der Waals surface area contributed by atoms with Crippen molar-refractivity contribution in [1.82, 2.24) is 19.7 Å². The van der Waals surface area contributed by atoms with Gasteiger partial charge in [0.2, 0.25) is 5.89 Å². The number of hydrogen-bond donors (Lipinski definition) is 1. The molecule has 0 bridgehead atoms. The topological polar surface area (TPSA) is 94.0 Å². The number of hydrogen-bond acceptors (Lipinski definition) is 5. The average Bonchev–Trinajstić information content (AvgIpc) is 3.28. The van der Waals surface area contributed by atoms with Gasteiger partial charge in [0.15, 0.2) is 5.82 Å². The molecule has 2 heterocycles. The van der Waals surface area contributed by atoms with Crippen molar-refractivity contribution in [3.8, 4) is 0 Å².